The highest BCUT2D eigenvalue weighted by molar-refractivity contribution is 5.33. The summed E-state index contributed by atoms with van der Waals surface area (Å²) in [4.78, 5) is 2.35. The summed E-state index contributed by atoms with van der Waals surface area (Å²) in [5.41, 5.74) is 0.772. The first kappa shape index (κ1) is 16.2. The molecule has 1 aromatic carbocycles. The number of piperidine rings is 1. The first-order valence-electron chi connectivity index (χ1n) is 7.51. The molecule has 1 fully saturated rings. The number of nitrogens with zero attached hydrogens (tertiary/aromatic N) is 1. The van der Waals surface area contributed by atoms with Crippen LogP contribution in [0.3, 0.4) is 0 Å². The van der Waals surface area contributed by atoms with Gasteiger partial charge in [0.25, 0.3) is 0 Å². The van der Waals surface area contributed by atoms with Gasteiger partial charge in [-0.05, 0) is 45.3 Å². The van der Waals surface area contributed by atoms with Crippen LogP contribution in [-0.4, -0.2) is 37.7 Å². The molecule has 0 saturated carbocycles. The van der Waals surface area contributed by atoms with Crippen molar-refractivity contribution in [3.8, 4) is 5.75 Å². The molecule has 0 bridgehead atoms. The van der Waals surface area contributed by atoms with Crippen LogP contribution in [0.2, 0.25) is 0 Å². The quantitative estimate of drug-likeness (QED) is 0.873. The van der Waals surface area contributed by atoms with Crippen LogP contribution in [0.1, 0.15) is 25.3 Å². The van der Waals surface area contributed by atoms with E-state index < -0.39 is 6.61 Å². The lowest BCUT2D eigenvalue weighted by atomic mass is 9.92. The van der Waals surface area contributed by atoms with E-state index in [9.17, 15) is 8.78 Å². The predicted octanol–water partition coefficient (Wildman–Crippen LogP) is 3.11. The summed E-state index contributed by atoms with van der Waals surface area (Å²) in [5.74, 6) is 0.861. The summed E-state index contributed by atoms with van der Waals surface area (Å²) in [6.45, 7) is 2.18. The molecule has 1 aliphatic rings. The Morgan fingerprint density at radius 3 is 2.86 bits per heavy atom. The number of halogens is 2. The molecule has 1 saturated heterocycles. The van der Waals surface area contributed by atoms with E-state index in [2.05, 4.69) is 28.9 Å². The number of para-hydroxylation sites is 1. The standard InChI is InChI=1S/C16H24F2N2O/c1-12(14-7-5-9-20(2)11-14)19-10-13-6-3-4-8-15(13)21-16(17)18/h3-4,6,8,12,14,16,19H,5,7,9-11H2,1-2H3. The zero-order valence-electron chi connectivity index (χ0n) is 12.7. The van der Waals surface area contributed by atoms with Gasteiger partial charge < -0.3 is 15.0 Å². The summed E-state index contributed by atoms with van der Waals surface area (Å²) < 4.78 is 29.3. The Kier molecular flexibility index (Phi) is 5.94. The van der Waals surface area contributed by atoms with Crippen LogP contribution in [0, 0.1) is 5.92 Å². The molecular formula is C16H24F2N2O. The van der Waals surface area contributed by atoms with Crippen LogP contribution < -0.4 is 10.1 Å². The van der Waals surface area contributed by atoms with E-state index in [-0.39, 0.29) is 5.75 Å². The molecule has 118 valence electrons. The fourth-order valence-corrected chi connectivity index (χ4v) is 2.91. The van der Waals surface area contributed by atoms with Gasteiger partial charge in [0.2, 0.25) is 0 Å². The van der Waals surface area contributed by atoms with Gasteiger partial charge in [-0.1, -0.05) is 18.2 Å². The van der Waals surface area contributed by atoms with Crippen molar-refractivity contribution >= 4 is 0 Å². The molecule has 3 nitrogen and oxygen atoms in total. The van der Waals surface area contributed by atoms with Crippen LogP contribution >= 0.6 is 0 Å². The average Bonchev–Trinajstić information content (AvgIpc) is 2.45. The van der Waals surface area contributed by atoms with Crippen LogP contribution in [0.15, 0.2) is 24.3 Å². The predicted molar refractivity (Wildman–Crippen MR) is 79.6 cm³/mol. The van der Waals surface area contributed by atoms with E-state index in [1.165, 1.54) is 12.8 Å². The maximum atomic E-state index is 12.4. The van der Waals surface area contributed by atoms with Gasteiger partial charge in [-0.15, -0.1) is 0 Å². The van der Waals surface area contributed by atoms with Crippen molar-refractivity contribution in [1.29, 1.82) is 0 Å². The highest BCUT2D eigenvalue weighted by Gasteiger charge is 2.22. The molecule has 0 aliphatic carbocycles. The highest BCUT2D eigenvalue weighted by atomic mass is 19.3. The number of hydrogen-bond donors (Lipinski definition) is 1. The molecule has 5 heteroatoms. The maximum absolute atomic E-state index is 12.4. The molecule has 0 spiro atoms. The van der Waals surface area contributed by atoms with Crippen LogP contribution in [-0.2, 0) is 6.54 Å². The average molecular weight is 298 g/mol. The van der Waals surface area contributed by atoms with E-state index >= 15 is 0 Å². The zero-order chi connectivity index (χ0) is 15.2. The number of nitrogens with one attached hydrogen (secondary N) is 1. The summed E-state index contributed by atoms with van der Waals surface area (Å²) in [5, 5.41) is 3.45. The Bertz CT molecular complexity index is 442. The van der Waals surface area contributed by atoms with Crippen LogP contribution in [0.25, 0.3) is 0 Å². The number of hydrogen-bond acceptors (Lipinski definition) is 3. The lowest BCUT2D eigenvalue weighted by Gasteiger charge is -2.34. The van der Waals surface area contributed by atoms with Crippen molar-refractivity contribution in [3.63, 3.8) is 0 Å². The molecular weight excluding hydrogens is 274 g/mol. The Labute approximate surface area is 125 Å². The SMILES string of the molecule is CC(NCc1ccccc1OC(F)F)C1CCCN(C)C1. The lowest BCUT2D eigenvalue weighted by molar-refractivity contribution is -0.0505. The minimum absolute atomic E-state index is 0.257. The fraction of sp³-hybridized carbons (Fsp3) is 0.625. The molecule has 0 aromatic heterocycles. The van der Waals surface area contributed by atoms with E-state index in [1.807, 2.05) is 12.1 Å². The van der Waals surface area contributed by atoms with E-state index in [0.717, 1.165) is 18.7 Å². The van der Waals surface area contributed by atoms with Crippen LogP contribution in [0.4, 0.5) is 8.78 Å². The largest absolute Gasteiger partial charge is 0.434 e. The van der Waals surface area contributed by atoms with Gasteiger partial charge in [-0.2, -0.15) is 8.78 Å². The van der Waals surface area contributed by atoms with Gasteiger partial charge in [0.15, 0.2) is 0 Å². The molecule has 0 radical (unpaired) electrons. The first-order chi connectivity index (χ1) is 10.1. The third kappa shape index (κ3) is 4.93. The molecule has 2 rings (SSSR count). The molecule has 0 amide bonds. The Morgan fingerprint density at radius 2 is 2.14 bits per heavy atom. The van der Waals surface area contributed by atoms with E-state index in [1.54, 1.807) is 12.1 Å². The highest BCUT2D eigenvalue weighted by Crippen LogP contribution is 2.22. The molecule has 21 heavy (non-hydrogen) atoms. The molecule has 1 aliphatic heterocycles. The number of benzene rings is 1. The molecule has 2 unspecified atom stereocenters. The summed E-state index contributed by atoms with van der Waals surface area (Å²) in [7, 11) is 2.14. The number of likely N-dealkylation sites (tertiary alicyclic amines) is 1. The Balaban J connectivity index is 1.90. The third-order valence-corrected chi connectivity index (χ3v) is 4.17. The summed E-state index contributed by atoms with van der Waals surface area (Å²) in [6, 6.07) is 7.31. The molecule has 1 aromatic rings. The second-order valence-corrected chi connectivity index (χ2v) is 5.82. The fourth-order valence-electron chi connectivity index (χ4n) is 2.91. The summed E-state index contributed by atoms with van der Waals surface area (Å²) >= 11 is 0. The molecule has 1 heterocycles. The lowest BCUT2D eigenvalue weighted by Crippen LogP contribution is -2.42. The molecule has 1 N–H and O–H groups in total. The molecule has 2 atom stereocenters. The summed E-state index contributed by atoms with van der Waals surface area (Å²) in [6.07, 6.45) is 2.44. The minimum Gasteiger partial charge on any atom is -0.434 e. The van der Waals surface area contributed by atoms with Crippen molar-refractivity contribution < 1.29 is 13.5 Å². The Hall–Kier alpha value is -1.20. The number of rotatable bonds is 6. The van der Waals surface area contributed by atoms with Gasteiger partial charge in [0.1, 0.15) is 5.75 Å². The second-order valence-electron chi connectivity index (χ2n) is 5.82. The normalized spacial score (nSPS) is 21.5. The second kappa shape index (κ2) is 7.71. The third-order valence-electron chi connectivity index (χ3n) is 4.17. The smallest absolute Gasteiger partial charge is 0.387 e. The van der Waals surface area contributed by atoms with Crippen molar-refractivity contribution in [1.82, 2.24) is 10.2 Å². The number of ether oxygens (including phenoxy) is 1. The zero-order valence-corrected chi connectivity index (χ0v) is 12.7. The van der Waals surface area contributed by atoms with Gasteiger partial charge in [-0.25, -0.2) is 0 Å². The van der Waals surface area contributed by atoms with Crippen molar-refractivity contribution in [3.05, 3.63) is 29.8 Å². The van der Waals surface area contributed by atoms with Crippen LogP contribution in [0.5, 0.6) is 5.75 Å². The van der Waals surface area contributed by atoms with Crippen molar-refractivity contribution in [2.24, 2.45) is 5.92 Å². The van der Waals surface area contributed by atoms with Gasteiger partial charge in [0.05, 0.1) is 0 Å². The van der Waals surface area contributed by atoms with Gasteiger partial charge in [-0.3, -0.25) is 0 Å². The topological polar surface area (TPSA) is 24.5 Å². The van der Waals surface area contributed by atoms with Gasteiger partial charge in [0, 0.05) is 24.7 Å². The first-order valence-corrected chi connectivity index (χ1v) is 7.51. The van der Waals surface area contributed by atoms with Crippen molar-refractivity contribution in [2.45, 2.75) is 39.0 Å². The maximum Gasteiger partial charge on any atom is 0.387 e. The van der Waals surface area contributed by atoms with Crippen molar-refractivity contribution in [2.75, 3.05) is 20.1 Å². The van der Waals surface area contributed by atoms with E-state index in [0.29, 0.717) is 18.5 Å². The monoisotopic (exact) mass is 298 g/mol. The number of alkyl halides is 2. The van der Waals surface area contributed by atoms with Gasteiger partial charge >= 0.3 is 6.61 Å². The minimum atomic E-state index is -2.78. The Morgan fingerprint density at radius 1 is 1.38 bits per heavy atom. The van der Waals surface area contributed by atoms with E-state index in [4.69, 9.17) is 0 Å².